The zero-order valence-electron chi connectivity index (χ0n) is 11.1. The molecule has 0 spiro atoms. The maximum absolute atomic E-state index is 10.0. The third-order valence-electron chi connectivity index (χ3n) is 3.52. The molecule has 0 unspecified atom stereocenters. The monoisotopic (exact) mass is 225 g/mol. The molecule has 92 valence electrons. The first kappa shape index (κ1) is 13.2. The van der Waals surface area contributed by atoms with E-state index in [4.69, 9.17) is 0 Å². The predicted molar refractivity (Wildman–Crippen MR) is 65.3 cm³/mol. The highest BCUT2D eigenvalue weighted by Crippen LogP contribution is 2.21. The van der Waals surface area contributed by atoms with Crippen LogP contribution in [0, 0.1) is 13.8 Å². The number of nitrogens with zero attached hydrogens (tertiary/aromatic N) is 1. The molecule has 1 aromatic rings. The molecule has 0 amide bonds. The summed E-state index contributed by atoms with van der Waals surface area (Å²) in [4.78, 5) is 0. The van der Waals surface area contributed by atoms with Crippen LogP contribution in [0.3, 0.4) is 0 Å². The maximum atomic E-state index is 10.0. The number of aromatic amines is 1. The molecule has 0 atom stereocenters. The fourth-order valence-electron chi connectivity index (χ4n) is 1.36. The number of aromatic nitrogens is 2. The first-order valence-corrected chi connectivity index (χ1v) is 5.63. The van der Waals surface area contributed by atoms with Gasteiger partial charge in [0.25, 0.3) is 0 Å². The molecule has 0 aromatic carbocycles. The first-order chi connectivity index (χ1) is 7.15. The van der Waals surface area contributed by atoms with Crippen LogP contribution in [0.5, 0.6) is 0 Å². The molecule has 0 aliphatic carbocycles. The van der Waals surface area contributed by atoms with Crippen molar-refractivity contribution in [3.63, 3.8) is 0 Å². The van der Waals surface area contributed by atoms with Crippen molar-refractivity contribution in [2.24, 2.45) is 0 Å². The van der Waals surface area contributed by atoms with Crippen molar-refractivity contribution in [1.29, 1.82) is 0 Å². The van der Waals surface area contributed by atoms with Crippen molar-refractivity contribution in [3.8, 4) is 0 Å². The van der Waals surface area contributed by atoms with Gasteiger partial charge in [-0.2, -0.15) is 5.10 Å². The Morgan fingerprint density at radius 3 is 2.19 bits per heavy atom. The third kappa shape index (κ3) is 2.62. The van der Waals surface area contributed by atoms with E-state index in [2.05, 4.69) is 15.5 Å². The Morgan fingerprint density at radius 1 is 1.25 bits per heavy atom. The van der Waals surface area contributed by atoms with E-state index in [9.17, 15) is 5.11 Å². The third-order valence-corrected chi connectivity index (χ3v) is 3.52. The molecule has 0 aliphatic rings. The molecule has 16 heavy (non-hydrogen) atoms. The molecule has 1 aromatic heterocycles. The van der Waals surface area contributed by atoms with Crippen LogP contribution in [-0.2, 0) is 6.54 Å². The smallest absolute Gasteiger partial charge is 0.0767 e. The molecule has 0 saturated carbocycles. The van der Waals surface area contributed by atoms with Crippen LogP contribution in [0.2, 0.25) is 0 Å². The Morgan fingerprint density at radius 2 is 1.81 bits per heavy atom. The Hall–Kier alpha value is -0.870. The fourth-order valence-corrected chi connectivity index (χ4v) is 1.36. The van der Waals surface area contributed by atoms with Gasteiger partial charge in [0, 0.05) is 23.3 Å². The van der Waals surface area contributed by atoms with Gasteiger partial charge < -0.3 is 10.4 Å². The van der Waals surface area contributed by atoms with E-state index >= 15 is 0 Å². The lowest BCUT2D eigenvalue weighted by Gasteiger charge is -2.38. The number of aliphatic hydroxyl groups is 1. The molecule has 0 bridgehead atoms. The second-order valence-corrected chi connectivity index (χ2v) is 5.45. The van der Waals surface area contributed by atoms with E-state index in [-0.39, 0.29) is 5.54 Å². The minimum Gasteiger partial charge on any atom is -0.389 e. The molecular formula is C12H23N3O. The van der Waals surface area contributed by atoms with Crippen LogP contribution in [0.1, 0.15) is 44.6 Å². The fraction of sp³-hybridized carbons (Fsp3) is 0.750. The van der Waals surface area contributed by atoms with Gasteiger partial charge in [0.05, 0.1) is 11.3 Å². The SMILES string of the molecule is Cc1n[nH]c(C)c1CNC(C)(C)C(C)(C)O. The van der Waals surface area contributed by atoms with E-state index in [1.165, 1.54) is 5.56 Å². The Kier molecular flexibility index (Phi) is 3.45. The van der Waals surface area contributed by atoms with Gasteiger partial charge >= 0.3 is 0 Å². The van der Waals surface area contributed by atoms with Crippen molar-refractivity contribution in [3.05, 3.63) is 17.0 Å². The van der Waals surface area contributed by atoms with Crippen molar-refractivity contribution in [2.45, 2.75) is 59.2 Å². The van der Waals surface area contributed by atoms with Gasteiger partial charge in [-0.1, -0.05) is 0 Å². The molecule has 4 nitrogen and oxygen atoms in total. The summed E-state index contributed by atoms with van der Waals surface area (Å²) in [5, 5.41) is 20.5. The highest BCUT2D eigenvalue weighted by atomic mass is 16.3. The highest BCUT2D eigenvalue weighted by Gasteiger charge is 2.34. The largest absolute Gasteiger partial charge is 0.389 e. The zero-order chi connectivity index (χ0) is 12.6. The van der Waals surface area contributed by atoms with Crippen LogP contribution in [0.25, 0.3) is 0 Å². The van der Waals surface area contributed by atoms with Gasteiger partial charge in [-0.05, 0) is 41.5 Å². The molecule has 1 rings (SSSR count). The zero-order valence-corrected chi connectivity index (χ0v) is 11.1. The van der Waals surface area contributed by atoms with Crippen LogP contribution in [0.4, 0.5) is 0 Å². The molecule has 0 aliphatic heterocycles. The molecule has 4 heteroatoms. The Balaban J connectivity index is 2.72. The standard InChI is InChI=1S/C12H23N3O/c1-8-10(9(2)15-14-8)7-13-11(3,4)12(5,6)16/h13,16H,7H2,1-6H3,(H,14,15). The lowest BCUT2D eigenvalue weighted by molar-refractivity contribution is -0.00536. The van der Waals surface area contributed by atoms with E-state index in [0.717, 1.165) is 11.4 Å². The van der Waals surface area contributed by atoms with Crippen LogP contribution in [-0.4, -0.2) is 26.4 Å². The molecule has 1 heterocycles. The van der Waals surface area contributed by atoms with E-state index in [0.29, 0.717) is 6.54 Å². The lowest BCUT2D eigenvalue weighted by atomic mass is 9.86. The number of hydrogen-bond acceptors (Lipinski definition) is 3. The molecule has 0 saturated heterocycles. The second kappa shape index (κ2) is 4.18. The lowest BCUT2D eigenvalue weighted by Crippen LogP contribution is -2.55. The van der Waals surface area contributed by atoms with Crippen molar-refractivity contribution in [2.75, 3.05) is 0 Å². The van der Waals surface area contributed by atoms with Gasteiger partial charge in [0.15, 0.2) is 0 Å². The molecular weight excluding hydrogens is 202 g/mol. The maximum Gasteiger partial charge on any atom is 0.0767 e. The average Bonchev–Trinajstić information content (AvgIpc) is 2.42. The van der Waals surface area contributed by atoms with Gasteiger partial charge in [0.2, 0.25) is 0 Å². The van der Waals surface area contributed by atoms with E-state index < -0.39 is 5.60 Å². The Labute approximate surface area is 97.5 Å². The second-order valence-electron chi connectivity index (χ2n) is 5.45. The number of rotatable bonds is 4. The number of hydrogen-bond donors (Lipinski definition) is 3. The first-order valence-electron chi connectivity index (χ1n) is 5.63. The van der Waals surface area contributed by atoms with E-state index in [1.54, 1.807) is 0 Å². The summed E-state index contributed by atoms with van der Waals surface area (Å²) in [7, 11) is 0. The van der Waals surface area contributed by atoms with Gasteiger partial charge in [0.1, 0.15) is 0 Å². The minimum absolute atomic E-state index is 0.344. The van der Waals surface area contributed by atoms with Crippen LogP contribution in [0.15, 0.2) is 0 Å². The quantitative estimate of drug-likeness (QED) is 0.730. The van der Waals surface area contributed by atoms with Crippen LogP contribution >= 0.6 is 0 Å². The van der Waals surface area contributed by atoms with Gasteiger partial charge in [-0.15, -0.1) is 0 Å². The summed E-state index contributed by atoms with van der Waals surface area (Å²) in [5.74, 6) is 0. The topological polar surface area (TPSA) is 60.9 Å². The van der Waals surface area contributed by atoms with Gasteiger partial charge in [-0.3, -0.25) is 5.10 Å². The normalized spacial score (nSPS) is 13.2. The summed E-state index contributed by atoms with van der Waals surface area (Å²) in [6, 6.07) is 0. The van der Waals surface area contributed by atoms with Crippen molar-refractivity contribution < 1.29 is 5.11 Å². The Bertz CT molecular complexity index is 341. The molecule has 3 N–H and O–H groups in total. The number of aryl methyl sites for hydroxylation is 2. The van der Waals surface area contributed by atoms with E-state index in [1.807, 2.05) is 41.5 Å². The van der Waals surface area contributed by atoms with Crippen molar-refractivity contribution >= 4 is 0 Å². The van der Waals surface area contributed by atoms with Crippen LogP contribution < -0.4 is 5.32 Å². The average molecular weight is 225 g/mol. The van der Waals surface area contributed by atoms with Gasteiger partial charge in [-0.25, -0.2) is 0 Å². The molecule has 0 radical (unpaired) electrons. The number of H-pyrrole nitrogens is 1. The summed E-state index contributed by atoms with van der Waals surface area (Å²) in [6.45, 7) is 12.3. The summed E-state index contributed by atoms with van der Waals surface area (Å²) in [6.07, 6.45) is 0. The minimum atomic E-state index is -0.765. The predicted octanol–water partition coefficient (Wildman–Crippen LogP) is 1.67. The summed E-state index contributed by atoms with van der Waals surface area (Å²) in [5.41, 5.74) is 2.16. The molecule has 0 fully saturated rings. The summed E-state index contributed by atoms with van der Waals surface area (Å²) < 4.78 is 0. The van der Waals surface area contributed by atoms with Crippen molar-refractivity contribution in [1.82, 2.24) is 15.5 Å². The number of nitrogens with one attached hydrogen (secondary N) is 2. The highest BCUT2D eigenvalue weighted by molar-refractivity contribution is 5.23. The summed E-state index contributed by atoms with van der Waals surface area (Å²) >= 11 is 0.